The molecular weight excluding hydrogens is 343 g/mol. The van der Waals surface area contributed by atoms with Gasteiger partial charge in [-0.25, -0.2) is 9.18 Å². The lowest BCUT2D eigenvalue weighted by Crippen LogP contribution is -2.37. The summed E-state index contributed by atoms with van der Waals surface area (Å²) >= 11 is 4.74. The van der Waals surface area contributed by atoms with E-state index in [-0.39, 0.29) is 17.0 Å². The molecule has 0 aliphatic carbocycles. The third-order valence-corrected chi connectivity index (χ3v) is 4.89. The molecule has 1 aromatic carbocycles. The van der Waals surface area contributed by atoms with Crippen molar-refractivity contribution in [3.63, 3.8) is 0 Å². The van der Waals surface area contributed by atoms with Crippen LogP contribution in [0.1, 0.15) is 19.8 Å². The fourth-order valence-corrected chi connectivity index (χ4v) is 3.31. The summed E-state index contributed by atoms with van der Waals surface area (Å²) in [6.07, 6.45) is 1.27. The first-order chi connectivity index (χ1) is 11.9. The van der Waals surface area contributed by atoms with Crippen LogP contribution in [0.25, 0.3) is 0 Å². The molecule has 0 bridgehead atoms. The van der Waals surface area contributed by atoms with Crippen molar-refractivity contribution in [1.29, 1.82) is 0 Å². The average molecular weight is 366 g/mol. The van der Waals surface area contributed by atoms with Gasteiger partial charge in [-0.2, -0.15) is 0 Å². The molecule has 2 aliphatic rings. The van der Waals surface area contributed by atoms with E-state index in [1.807, 2.05) is 0 Å². The van der Waals surface area contributed by atoms with Crippen LogP contribution in [0.2, 0.25) is 0 Å². The van der Waals surface area contributed by atoms with Crippen LogP contribution in [0.3, 0.4) is 0 Å². The Morgan fingerprint density at radius 1 is 1.44 bits per heavy atom. The Morgan fingerprint density at radius 3 is 2.80 bits per heavy atom. The van der Waals surface area contributed by atoms with Crippen LogP contribution in [0.4, 0.5) is 20.6 Å². The van der Waals surface area contributed by atoms with Gasteiger partial charge in [-0.3, -0.25) is 4.90 Å². The molecule has 8 heteroatoms. The molecule has 1 aromatic rings. The molecule has 2 saturated heterocycles. The summed E-state index contributed by atoms with van der Waals surface area (Å²) in [5.74, 6) is 0.370. The van der Waals surface area contributed by atoms with Crippen LogP contribution in [0, 0.1) is 11.7 Å². The van der Waals surface area contributed by atoms with Gasteiger partial charge in [0.25, 0.3) is 0 Å². The van der Waals surface area contributed by atoms with Gasteiger partial charge in [-0.15, -0.1) is 0 Å². The van der Waals surface area contributed by atoms with Crippen molar-refractivity contribution in [2.24, 2.45) is 11.7 Å². The number of benzene rings is 1. The fraction of sp³-hybridized carbons (Fsp3) is 0.529. The second kappa shape index (κ2) is 7.43. The van der Waals surface area contributed by atoms with E-state index in [1.54, 1.807) is 12.1 Å². The van der Waals surface area contributed by atoms with E-state index in [2.05, 4.69) is 17.1 Å². The zero-order valence-electron chi connectivity index (χ0n) is 14.2. The predicted octanol–water partition coefficient (Wildman–Crippen LogP) is 2.22. The van der Waals surface area contributed by atoms with Gasteiger partial charge in [-0.05, 0) is 49.2 Å². The number of amides is 1. The van der Waals surface area contributed by atoms with E-state index in [9.17, 15) is 9.18 Å². The SMILES string of the molecule is CC1CCN(c2ccc(N3C[C@H](CNC(N)=S)OC3=O)cc2F)CC1. The average Bonchev–Trinajstić information content (AvgIpc) is 2.95. The number of hydrogen-bond donors (Lipinski definition) is 2. The highest BCUT2D eigenvalue weighted by Crippen LogP contribution is 2.30. The van der Waals surface area contributed by atoms with Gasteiger partial charge in [0, 0.05) is 13.1 Å². The maximum absolute atomic E-state index is 14.6. The highest BCUT2D eigenvalue weighted by molar-refractivity contribution is 7.80. The summed E-state index contributed by atoms with van der Waals surface area (Å²) in [4.78, 5) is 15.5. The monoisotopic (exact) mass is 366 g/mol. The Bertz CT molecular complexity index is 664. The van der Waals surface area contributed by atoms with E-state index in [1.165, 1.54) is 11.0 Å². The van der Waals surface area contributed by atoms with E-state index in [0.717, 1.165) is 25.9 Å². The second-order valence-corrected chi connectivity index (χ2v) is 7.11. The molecule has 1 amide bonds. The topological polar surface area (TPSA) is 70.8 Å². The minimum atomic E-state index is -0.492. The first kappa shape index (κ1) is 17.7. The summed E-state index contributed by atoms with van der Waals surface area (Å²) in [6.45, 7) is 4.60. The smallest absolute Gasteiger partial charge is 0.414 e. The molecule has 25 heavy (non-hydrogen) atoms. The first-order valence-electron chi connectivity index (χ1n) is 8.50. The minimum absolute atomic E-state index is 0.153. The van der Waals surface area contributed by atoms with Crippen molar-refractivity contribution < 1.29 is 13.9 Å². The van der Waals surface area contributed by atoms with Crippen molar-refractivity contribution in [3.05, 3.63) is 24.0 Å². The third kappa shape index (κ3) is 4.12. The van der Waals surface area contributed by atoms with E-state index >= 15 is 0 Å². The molecule has 3 rings (SSSR count). The summed E-state index contributed by atoms with van der Waals surface area (Å²) in [7, 11) is 0. The highest BCUT2D eigenvalue weighted by Gasteiger charge is 2.33. The largest absolute Gasteiger partial charge is 0.442 e. The number of nitrogens with two attached hydrogens (primary N) is 1. The van der Waals surface area contributed by atoms with Gasteiger partial charge in [0.05, 0.1) is 24.5 Å². The molecule has 0 aromatic heterocycles. The molecule has 1 atom stereocenters. The van der Waals surface area contributed by atoms with Crippen molar-refractivity contribution in [2.75, 3.05) is 36.0 Å². The zero-order chi connectivity index (χ0) is 18.0. The van der Waals surface area contributed by atoms with Gasteiger partial charge < -0.3 is 20.7 Å². The lowest BCUT2D eigenvalue weighted by Gasteiger charge is -2.32. The normalized spacial score (nSPS) is 21.4. The number of hydrogen-bond acceptors (Lipinski definition) is 4. The number of ether oxygens (including phenoxy) is 1. The maximum Gasteiger partial charge on any atom is 0.414 e. The summed E-state index contributed by atoms with van der Waals surface area (Å²) in [5, 5.41) is 2.93. The Labute approximate surface area is 152 Å². The van der Waals surface area contributed by atoms with Crippen molar-refractivity contribution in [2.45, 2.75) is 25.9 Å². The Hall–Kier alpha value is -2.09. The molecule has 3 N–H and O–H groups in total. The molecule has 2 aliphatic heterocycles. The lowest BCUT2D eigenvalue weighted by atomic mass is 9.99. The number of piperidine rings is 1. The van der Waals surface area contributed by atoms with Crippen LogP contribution in [0.15, 0.2) is 18.2 Å². The Kier molecular flexibility index (Phi) is 5.27. The van der Waals surface area contributed by atoms with Crippen LogP contribution >= 0.6 is 12.2 Å². The number of rotatable bonds is 4. The quantitative estimate of drug-likeness (QED) is 0.797. The number of carbonyl (C=O) groups excluding carboxylic acids is 1. The third-order valence-electron chi connectivity index (χ3n) is 4.75. The number of cyclic esters (lactones) is 1. The van der Waals surface area contributed by atoms with Crippen LogP contribution in [-0.4, -0.2) is 43.5 Å². The number of nitrogens with zero attached hydrogens (tertiary/aromatic N) is 2. The molecule has 0 saturated carbocycles. The molecular formula is C17H23FN4O2S. The van der Waals surface area contributed by atoms with Crippen LogP contribution < -0.4 is 20.9 Å². The van der Waals surface area contributed by atoms with Crippen molar-refractivity contribution >= 4 is 34.8 Å². The summed E-state index contributed by atoms with van der Waals surface area (Å²) in [6, 6.07) is 4.91. The number of anilines is 2. The Balaban J connectivity index is 1.68. The highest BCUT2D eigenvalue weighted by atomic mass is 32.1. The molecule has 0 spiro atoms. The van der Waals surface area contributed by atoms with Gasteiger partial charge in [-0.1, -0.05) is 6.92 Å². The molecule has 136 valence electrons. The standard InChI is InChI=1S/C17H23FN4O2S/c1-11-4-6-21(7-5-11)15-3-2-12(8-14(15)18)22-10-13(24-17(22)23)9-20-16(19)25/h2-3,8,11,13H,4-7,9-10H2,1H3,(H3,19,20,25)/t13-/m0/s1. The molecule has 0 unspecified atom stereocenters. The van der Waals surface area contributed by atoms with Crippen molar-refractivity contribution in [1.82, 2.24) is 5.32 Å². The van der Waals surface area contributed by atoms with Crippen molar-refractivity contribution in [3.8, 4) is 0 Å². The minimum Gasteiger partial charge on any atom is -0.442 e. The fourth-order valence-electron chi connectivity index (χ4n) is 3.22. The zero-order valence-corrected chi connectivity index (χ0v) is 15.0. The van der Waals surface area contributed by atoms with E-state index in [0.29, 0.717) is 30.4 Å². The number of thiocarbonyl (C=S) groups is 1. The van der Waals surface area contributed by atoms with Crippen LogP contribution in [0.5, 0.6) is 0 Å². The number of carbonyl (C=O) groups is 1. The molecule has 6 nitrogen and oxygen atoms in total. The Morgan fingerprint density at radius 2 is 2.16 bits per heavy atom. The first-order valence-corrected chi connectivity index (χ1v) is 8.91. The van der Waals surface area contributed by atoms with Gasteiger partial charge >= 0.3 is 6.09 Å². The number of nitrogens with one attached hydrogen (secondary N) is 1. The predicted molar refractivity (Wildman–Crippen MR) is 99.4 cm³/mol. The molecule has 2 fully saturated rings. The summed E-state index contributed by atoms with van der Waals surface area (Å²) < 4.78 is 19.9. The van der Waals surface area contributed by atoms with Gasteiger partial charge in [0.2, 0.25) is 0 Å². The van der Waals surface area contributed by atoms with E-state index in [4.69, 9.17) is 22.7 Å². The molecule has 2 heterocycles. The maximum atomic E-state index is 14.6. The second-order valence-electron chi connectivity index (χ2n) is 6.67. The van der Waals surface area contributed by atoms with Crippen LogP contribution in [-0.2, 0) is 4.74 Å². The van der Waals surface area contributed by atoms with Gasteiger partial charge in [0.1, 0.15) is 11.9 Å². The van der Waals surface area contributed by atoms with Gasteiger partial charge in [0.15, 0.2) is 5.11 Å². The summed E-state index contributed by atoms with van der Waals surface area (Å²) in [5.41, 5.74) is 6.47. The number of halogens is 1. The lowest BCUT2D eigenvalue weighted by molar-refractivity contribution is 0.143. The van der Waals surface area contributed by atoms with E-state index < -0.39 is 6.09 Å². The molecule has 0 radical (unpaired) electrons.